The summed E-state index contributed by atoms with van der Waals surface area (Å²) in [6, 6.07) is 0.568. The minimum atomic E-state index is 0.568. The van der Waals surface area contributed by atoms with Crippen molar-refractivity contribution in [2.45, 2.75) is 71.3 Å². The maximum Gasteiger partial charge on any atom is 0.346 e. The van der Waals surface area contributed by atoms with Gasteiger partial charge < -0.3 is 0 Å². The van der Waals surface area contributed by atoms with Crippen molar-refractivity contribution < 1.29 is 4.99 Å². The first-order valence-corrected chi connectivity index (χ1v) is 9.28. The molecule has 1 heterocycles. The van der Waals surface area contributed by atoms with Gasteiger partial charge in [-0.05, 0) is 55.9 Å². The Hall–Kier alpha value is -1.25. The number of rotatable bonds is 6. The second kappa shape index (κ2) is 6.89. The fraction of sp³-hybridized carbons (Fsp3) is 0.737. The fourth-order valence-electron chi connectivity index (χ4n) is 4.84. The molecule has 1 aliphatic heterocycles. The van der Waals surface area contributed by atoms with Crippen molar-refractivity contribution in [3.05, 3.63) is 23.4 Å². The summed E-state index contributed by atoms with van der Waals surface area (Å²) < 4.78 is 0. The Kier molecular flexibility index (Phi) is 4.90. The molecular weight excluding hydrogens is 270 g/mol. The van der Waals surface area contributed by atoms with E-state index in [1.807, 2.05) is 0 Å². The van der Waals surface area contributed by atoms with Crippen molar-refractivity contribution in [2.24, 2.45) is 23.5 Å². The number of hydrogen-bond donors (Lipinski definition) is 3. The molecule has 1 saturated carbocycles. The van der Waals surface area contributed by atoms with Gasteiger partial charge in [-0.3, -0.25) is 10.7 Å². The minimum Gasteiger partial charge on any atom is -0.291 e. The van der Waals surface area contributed by atoms with Crippen LogP contribution in [-0.4, -0.2) is 12.0 Å². The molecule has 0 spiro atoms. The zero-order valence-corrected chi connectivity index (χ0v) is 14.2. The van der Waals surface area contributed by atoms with Crippen LogP contribution in [0.1, 0.15) is 65.2 Å². The van der Waals surface area contributed by atoms with Crippen LogP contribution in [0.5, 0.6) is 0 Å². The van der Waals surface area contributed by atoms with E-state index in [1.165, 1.54) is 50.6 Å². The Morgan fingerprint density at radius 3 is 2.86 bits per heavy atom. The van der Waals surface area contributed by atoms with E-state index in [2.05, 4.69) is 36.3 Å². The zero-order valence-electron chi connectivity index (χ0n) is 14.2. The highest BCUT2D eigenvalue weighted by Crippen LogP contribution is 2.48. The minimum absolute atomic E-state index is 0.568. The number of hydrogen-bond acceptors (Lipinski definition) is 2. The standard InChI is InChI=1S/C19H31N3/c1-3-5-6-7-9-15-13(8-4-2)12-14-10-11-16-17(14)18(15)22-19(20)21-16/h6-7,13-14,16-17H,3-5,8-12H2,1-2H3,(H3,20,21,22)/p+1/b7-6-/t13-,14+,16+,17-/m1/s1. The van der Waals surface area contributed by atoms with E-state index in [-0.39, 0.29) is 0 Å². The summed E-state index contributed by atoms with van der Waals surface area (Å²) in [4.78, 5) is 3.48. The van der Waals surface area contributed by atoms with E-state index in [0.29, 0.717) is 12.0 Å². The summed E-state index contributed by atoms with van der Waals surface area (Å²) in [5.74, 6) is 3.05. The van der Waals surface area contributed by atoms with Crippen LogP contribution in [0.25, 0.3) is 0 Å². The van der Waals surface area contributed by atoms with Crippen molar-refractivity contribution in [3.63, 3.8) is 0 Å². The van der Waals surface area contributed by atoms with Gasteiger partial charge in [-0.1, -0.05) is 38.8 Å². The average Bonchev–Trinajstić information content (AvgIpc) is 2.89. The molecule has 0 aromatic carbocycles. The predicted octanol–water partition coefficient (Wildman–Crippen LogP) is 2.20. The van der Waals surface area contributed by atoms with E-state index >= 15 is 0 Å². The van der Waals surface area contributed by atoms with Crippen LogP contribution in [0.15, 0.2) is 23.4 Å². The molecule has 0 unspecified atom stereocenters. The molecule has 0 aromatic rings. The Morgan fingerprint density at radius 2 is 2.09 bits per heavy atom. The molecular formula is C19H32N3+. The van der Waals surface area contributed by atoms with Gasteiger partial charge in [0.2, 0.25) is 0 Å². The lowest BCUT2D eigenvalue weighted by atomic mass is 9.70. The normalized spacial score (nSPS) is 33.8. The topological polar surface area (TPSA) is 52.0 Å². The second-order valence-electron chi connectivity index (χ2n) is 7.28. The van der Waals surface area contributed by atoms with Crippen molar-refractivity contribution in [2.75, 3.05) is 0 Å². The van der Waals surface area contributed by atoms with Crippen LogP contribution < -0.4 is 16.0 Å². The van der Waals surface area contributed by atoms with Gasteiger partial charge in [-0.15, -0.1) is 0 Å². The number of unbranched alkanes of at least 4 members (excludes halogenated alkanes) is 1. The van der Waals surface area contributed by atoms with Crippen LogP contribution in [-0.2, 0) is 0 Å². The van der Waals surface area contributed by atoms with Gasteiger partial charge in [0.25, 0.3) is 0 Å². The monoisotopic (exact) mass is 302 g/mol. The van der Waals surface area contributed by atoms with E-state index in [0.717, 1.165) is 24.2 Å². The molecule has 2 aliphatic carbocycles. The highest BCUT2D eigenvalue weighted by molar-refractivity contribution is 5.75. The summed E-state index contributed by atoms with van der Waals surface area (Å²) in [6.45, 7) is 4.56. The summed E-state index contributed by atoms with van der Waals surface area (Å²) >= 11 is 0. The van der Waals surface area contributed by atoms with Gasteiger partial charge in [0.15, 0.2) is 0 Å². The smallest absolute Gasteiger partial charge is 0.291 e. The van der Waals surface area contributed by atoms with Gasteiger partial charge in [-0.2, -0.15) is 0 Å². The maximum absolute atomic E-state index is 6.13. The molecule has 3 nitrogen and oxygen atoms in total. The van der Waals surface area contributed by atoms with Gasteiger partial charge in [0.1, 0.15) is 0 Å². The van der Waals surface area contributed by atoms with Gasteiger partial charge in [-0.25, -0.2) is 5.32 Å². The summed E-state index contributed by atoms with van der Waals surface area (Å²) in [7, 11) is 0. The summed E-state index contributed by atoms with van der Waals surface area (Å²) in [6.07, 6.45) is 14.9. The molecule has 122 valence electrons. The van der Waals surface area contributed by atoms with Crippen LogP contribution in [0, 0.1) is 17.8 Å². The van der Waals surface area contributed by atoms with Crippen LogP contribution in [0.4, 0.5) is 0 Å². The SMILES string of the molecule is CCC/C=C\CC1=C2NC(N)=[NH+][C@H]3CC[C@@H](C[C@H]1CCC)[C@@H]23. The lowest BCUT2D eigenvalue weighted by molar-refractivity contribution is -0.516. The highest BCUT2D eigenvalue weighted by Gasteiger charge is 2.48. The third-order valence-corrected chi connectivity index (χ3v) is 5.76. The Morgan fingerprint density at radius 1 is 1.23 bits per heavy atom. The second-order valence-corrected chi connectivity index (χ2v) is 7.28. The first kappa shape index (κ1) is 15.6. The number of guanidine groups is 1. The molecule has 4 N–H and O–H groups in total. The van der Waals surface area contributed by atoms with Crippen LogP contribution >= 0.6 is 0 Å². The molecule has 4 atom stereocenters. The highest BCUT2D eigenvalue weighted by atomic mass is 15.2. The first-order valence-electron chi connectivity index (χ1n) is 9.28. The third-order valence-electron chi connectivity index (χ3n) is 5.76. The molecule has 0 radical (unpaired) electrons. The molecule has 22 heavy (non-hydrogen) atoms. The average molecular weight is 302 g/mol. The van der Waals surface area contributed by atoms with E-state index in [4.69, 9.17) is 5.73 Å². The number of nitrogens with two attached hydrogens (primary N) is 1. The first-order chi connectivity index (χ1) is 10.7. The van der Waals surface area contributed by atoms with E-state index in [9.17, 15) is 0 Å². The molecule has 0 amide bonds. The fourth-order valence-corrected chi connectivity index (χ4v) is 4.84. The van der Waals surface area contributed by atoms with Gasteiger partial charge >= 0.3 is 5.96 Å². The summed E-state index contributed by atoms with van der Waals surface area (Å²) in [5, 5.41) is 3.53. The largest absolute Gasteiger partial charge is 0.346 e. The Labute approximate surface area is 135 Å². The van der Waals surface area contributed by atoms with Crippen LogP contribution in [0.3, 0.4) is 0 Å². The molecule has 3 rings (SSSR count). The quantitative estimate of drug-likeness (QED) is 0.659. The Balaban J connectivity index is 1.89. The van der Waals surface area contributed by atoms with Crippen molar-refractivity contribution in [1.82, 2.24) is 5.32 Å². The molecule has 0 bridgehead atoms. The molecule has 0 saturated heterocycles. The van der Waals surface area contributed by atoms with Crippen molar-refractivity contribution in [1.29, 1.82) is 0 Å². The van der Waals surface area contributed by atoms with Gasteiger partial charge in [0, 0.05) is 5.92 Å². The Bertz CT molecular complexity index is 489. The van der Waals surface area contributed by atoms with E-state index < -0.39 is 0 Å². The lowest BCUT2D eigenvalue weighted by Crippen LogP contribution is -2.88. The van der Waals surface area contributed by atoms with E-state index in [1.54, 1.807) is 5.57 Å². The maximum atomic E-state index is 6.13. The van der Waals surface area contributed by atoms with Gasteiger partial charge in [0.05, 0.1) is 11.7 Å². The number of allylic oxidation sites excluding steroid dienone is 3. The van der Waals surface area contributed by atoms with Crippen molar-refractivity contribution >= 4 is 5.96 Å². The van der Waals surface area contributed by atoms with Crippen molar-refractivity contribution in [3.8, 4) is 0 Å². The zero-order chi connectivity index (χ0) is 15.5. The van der Waals surface area contributed by atoms with Crippen LogP contribution in [0.2, 0.25) is 0 Å². The molecule has 0 aromatic heterocycles. The third kappa shape index (κ3) is 2.95. The molecule has 1 fully saturated rings. The summed E-state index contributed by atoms with van der Waals surface area (Å²) in [5.41, 5.74) is 9.25. The number of nitrogens with one attached hydrogen (secondary N) is 2. The molecule has 3 aliphatic rings. The lowest BCUT2D eigenvalue weighted by Gasteiger charge is -2.38. The predicted molar refractivity (Wildman–Crippen MR) is 92.0 cm³/mol. The molecule has 3 heteroatoms.